The Morgan fingerprint density at radius 2 is 1.73 bits per heavy atom. The van der Waals surface area contributed by atoms with Crippen LogP contribution in [0.15, 0.2) is 34.0 Å². The van der Waals surface area contributed by atoms with E-state index in [2.05, 4.69) is 17.9 Å². The third-order valence-corrected chi connectivity index (χ3v) is 8.95. The zero-order valence-corrected chi connectivity index (χ0v) is 25.0. The summed E-state index contributed by atoms with van der Waals surface area (Å²) in [5.41, 5.74) is 1.53. The molecule has 4 rings (SSSR count). The lowest BCUT2D eigenvalue weighted by Crippen LogP contribution is -2.49. The number of hydrogen-bond donors (Lipinski definition) is 0. The van der Waals surface area contributed by atoms with Crippen molar-refractivity contribution in [1.29, 1.82) is 5.26 Å². The second-order valence-corrected chi connectivity index (χ2v) is 11.7. The molecule has 0 bridgehead atoms. The van der Waals surface area contributed by atoms with E-state index in [9.17, 15) is 19.2 Å². The van der Waals surface area contributed by atoms with E-state index in [0.29, 0.717) is 71.1 Å². The topological polar surface area (TPSA) is 72.6 Å². The van der Waals surface area contributed by atoms with Gasteiger partial charge >= 0.3 is 0 Å². The molecule has 40 heavy (non-hydrogen) atoms. The number of thiocarbonyl (C=S) groups is 1. The highest BCUT2D eigenvalue weighted by atomic mass is 32.2. The van der Waals surface area contributed by atoms with Crippen molar-refractivity contribution in [2.24, 2.45) is 0 Å². The van der Waals surface area contributed by atoms with Crippen molar-refractivity contribution >= 4 is 51.8 Å². The molecule has 2 aliphatic heterocycles. The third-order valence-electron chi connectivity index (χ3n) is 7.57. The van der Waals surface area contributed by atoms with Crippen molar-refractivity contribution in [3.8, 4) is 6.07 Å². The number of carbonyl (C=O) groups excluding carboxylic acids is 1. The lowest BCUT2D eigenvalue weighted by Gasteiger charge is -2.39. The third kappa shape index (κ3) is 6.11. The van der Waals surface area contributed by atoms with Crippen LogP contribution in [0.25, 0.3) is 6.08 Å². The minimum absolute atomic E-state index is 0.0771. The van der Waals surface area contributed by atoms with Crippen LogP contribution in [0.5, 0.6) is 0 Å². The fraction of sp³-hybridized carbons (Fsp3) is 0.467. The number of aromatic nitrogens is 1. The molecular weight excluding hydrogens is 545 g/mol. The molecule has 1 amide bonds. The van der Waals surface area contributed by atoms with E-state index in [1.54, 1.807) is 34.6 Å². The van der Waals surface area contributed by atoms with Crippen LogP contribution in [0.1, 0.15) is 62.6 Å². The van der Waals surface area contributed by atoms with Crippen molar-refractivity contribution in [3.63, 3.8) is 0 Å². The van der Waals surface area contributed by atoms with Crippen molar-refractivity contribution in [3.05, 3.63) is 62.0 Å². The van der Waals surface area contributed by atoms with Crippen molar-refractivity contribution in [1.82, 2.24) is 9.47 Å². The Bertz CT molecular complexity index is 1410. The zero-order valence-electron chi connectivity index (χ0n) is 23.4. The molecule has 212 valence electrons. The minimum Gasteiger partial charge on any atom is -0.366 e. The SMILES string of the molecule is CCCCCCCN1C(=O)/C(=C\c2c(C)c(C#N)c(=O)n(CC)c2N2CCN(c3ccccc3F)CC2)SC1=S. The van der Waals surface area contributed by atoms with Gasteiger partial charge in [0.1, 0.15) is 27.6 Å². The Hall–Kier alpha value is -3.16. The number of nitrogens with zero attached hydrogens (tertiary/aromatic N) is 5. The highest BCUT2D eigenvalue weighted by Gasteiger charge is 2.33. The summed E-state index contributed by atoms with van der Waals surface area (Å²) in [5.74, 6) is 0.290. The second kappa shape index (κ2) is 13.5. The van der Waals surface area contributed by atoms with E-state index >= 15 is 0 Å². The summed E-state index contributed by atoms with van der Waals surface area (Å²) in [7, 11) is 0. The van der Waals surface area contributed by atoms with Crippen LogP contribution in [-0.2, 0) is 11.3 Å². The molecule has 0 unspecified atom stereocenters. The predicted molar refractivity (Wildman–Crippen MR) is 165 cm³/mol. The molecule has 3 heterocycles. The first-order valence-electron chi connectivity index (χ1n) is 14.0. The molecule has 0 radical (unpaired) electrons. The first-order valence-corrected chi connectivity index (χ1v) is 15.2. The molecule has 0 atom stereocenters. The smallest absolute Gasteiger partial charge is 0.270 e. The Labute approximate surface area is 245 Å². The molecule has 10 heteroatoms. The molecule has 0 aliphatic carbocycles. The molecule has 1 aromatic heterocycles. The molecule has 2 saturated heterocycles. The van der Waals surface area contributed by atoms with E-state index in [1.165, 1.54) is 24.2 Å². The molecule has 2 fully saturated rings. The average Bonchev–Trinajstić information content (AvgIpc) is 3.22. The summed E-state index contributed by atoms with van der Waals surface area (Å²) in [5, 5.41) is 9.85. The van der Waals surface area contributed by atoms with Gasteiger partial charge in [0.2, 0.25) is 0 Å². The number of para-hydroxylation sites is 1. The number of unbranched alkanes of at least 4 members (excludes halogenated alkanes) is 4. The van der Waals surface area contributed by atoms with Gasteiger partial charge in [0.05, 0.1) is 10.6 Å². The number of piperazine rings is 1. The zero-order chi connectivity index (χ0) is 28.8. The summed E-state index contributed by atoms with van der Waals surface area (Å²) in [4.78, 5) is 33.0. The van der Waals surface area contributed by atoms with Gasteiger partial charge in [0.25, 0.3) is 11.5 Å². The minimum atomic E-state index is -0.342. The van der Waals surface area contributed by atoms with Gasteiger partial charge in [-0.25, -0.2) is 4.39 Å². The fourth-order valence-electron chi connectivity index (χ4n) is 5.34. The van der Waals surface area contributed by atoms with E-state index in [4.69, 9.17) is 12.2 Å². The highest BCUT2D eigenvalue weighted by molar-refractivity contribution is 8.26. The van der Waals surface area contributed by atoms with E-state index in [-0.39, 0.29) is 22.8 Å². The maximum atomic E-state index is 14.4. The van der Waals surface area contributed by atoms with Crippen molar-refractivity contribution in [2.45, 2.75) is 59.4 Å². The fourth-order valence-corrected chi connectivity index (χ4v) is 6.63. The van der Waals surface area contributed by atoms with Crippen LogP contribution in [0.2, 0.25) is 0 Å². The maximum Gasteiger partial charge on any atom is 0.270 e. The van der Waals surface area contributed by atoms with Crippen LogP contribution in [0.3, 0.4) is 0 Å². The normalized spacial score (nSPS) is 16.8. The first-order chi connectivity index (χ1) is 19.3. The average molecular weight is 582 g/mol. The van der Waals surface area contributed by atoms with Gasteiger partial charge < -0.3 is 9.80 Å². The summed E-state index contributed by atoms with van der Waals surface area (Å²) >= 11 is 6.83. The summed E-state index contributed by atoms with van der Waals surface area (Å²) in [6, 6.07) is 8.81. The summed E-state index contributed by atoms with van der Waals surface area (Å²) < 4.78 is 16.6. The lowest BCUT2D eigenvalue weighted by molar-refractivity contribution is -0.122. The molecule has 0 N–H and O–H groups in total. The molecule has 2 aromatic rings. The molecular formula is C30H36FN5O2S2. The molecule has 2 aliphatic rings. The van der Waals surface area contributed by atoms with Crippen molar-refractivity contribution < 1.29 is 9.18 Å². The van der Waals surface area contributed by atoms with Gasteiger partial charge in [-0.3, -0.25) is 19.1 Å². The van der Waals surface area contributed by atoms with E-state index < -0.39 is 0 Å². The van der Waals surface area contributed by atoms with Gasteiger partial charge in [0.15, 0.2) is 0 Å². The molecule has 1 aromatic carbocycles. The number of pyridine rings is 1. The summed E-state index contributed by atoms with van der Waals surface area (Å²) in [6.07, 6.45) is 7.24. The van der Waals surface area contributed by atoms with Crippen LogP contribution in [0.4, 0.5) is 15.9 Å². The van der Waals surface area contributed by atoms with Crippen LogP contribution >= 0.6 is 24.0 Å². The predicted octanol–water partition coefficient (Wildman–Crippen LogP) is 5.69. The maximum absolute atomic E-state index is 14.4. The number of nitriles is 1. The number of thioether (sulfide) groups is 1. The quantitative estimate of drug-likeness (QED) is 0.203. The Kier molecular flexibility index (Phi) is 10.0. The van der Waals surface area contributed by atoms with E-state index in [0.717, 1.165) is 25.7 Å². The Morgan fingerprint density at radius 3 is 2.38 bits per heavy atom. The molecule has 7 nitrogen and oxygen atoms in total. The number of halogens is 1. The van der Waals surface area contributed by atoms with Crippen LogP contribution in [0, 0.1) is 24.1 Å². The largest absolute Gasteiger partial charge is 0.366 e. The molecule has 0 saturated carbocycles. The van der Waals surface area contributed by atoms with Crippen LogP contribution < -0.4 is 15.4 Å². The standard InChI is InChI=1S/C30H36FN5O2S2/c1-4-6-7-8-11-14-36-29(38)26(40-30(36)39)19-22-21(3)23(20-32)28(37)35(5-2)27(22)34-17-15-33(16-18-34)25-13-10-9-12-24(25)31/h9-10,12-13,19H,4-8,11,14-18H2,1-3H3/b26-19+. The van der Waals surface area contributed by atoms with Gasteiger partial charge in [0, 0.05) is 44.8 Å². The van der Waals surface area contributed by atoms with E-state index in [1.807, 2.05) is 17.9 Å². The number of rotatable bonds is 10. The van der Waals surface area contributed by atoms with Gasteiger partial charge in [-0.15, -0.1) is 0 Å². The number of carbonyl (C=O) groups is 1. The number of anilines is 2. The first kappa shape index (κ1) is 29.8. The van der Waals surface area contributed by atoms with Gasteiger partial charge in [-0.05, 0) is 44.0 Å². The lowest BCUT2D eigenvalue weighted by atomic mass is 10.0. The van der Waals surface area contributed by atoms with Gasteiger partial charge in [-0.1, -0.05) is 68.7 Å². The van der Waals surface area contributed by atoms with Crippen LogP contribution in [-0.4, -0.2) is 52.4 Å². The number of hydrogen-bond acceptors (Lipinski definition) is 7. The second-order valence-electron chi connectivity index (χ2n) is 10.1. The number of amides is 1. The number of benzene rings is 1. The van der Waals surface area contributed by atoms with Gasteiger partial charge in [-0.2, -0.15) is 5.26 Å². The monoisotopic (exact) mass is 581 g/mol. The summed E-state index contributed by atoms with van der Waals surface area (Å²) in [6.45, 7) is 9.01. The highest BCUT2D eigenvalue weighted by Crippen LogP contribution is 2.36. The van der Waals surface area contributed by atoms with Crippen molar-refractivity contribution in [2.75, 3.05) is 42.5 Å². The molecule has 0 spiro atoms. The Balaban J connectivity index is 1.67. The Morgan fingerprint density at radius 1 is 1.05 bits per heavy atom.